The number of anilines is 1. The smallest absolute Gasteiger partial charge is 0.242 e. The molecule has 0 aliphatic rings. The predicted molar refractivity (Wildman–Crippen MR) is 115 cm³/mol. The van der Waals surface area contributed by atoms with Crippen LogP contribution in [0.15, 0.2) is 46.0 Å². The molecule has 0 radical (unpaired) electrons. The third kappa shape index (κ3) is 7.77. The molecule has 0 spiro atoms. The summed E-state index contributed by atoms with van der Waals surface area (Å²) in [6.45, 7) is 5.05. The van der Waals surface area contributed by atoms with E-state index in [-0.39, 0.29) is 42.4 Å². The van der Waals surface area contributed by atoms with E-state index in [1.807, 2.05) is 19.9 Å². The molecule has 0 bridgehead atoms. The van der Waals surface area contributed by atoms with Gasteiger partial charge in [-0.1, -0.05) is 0 Å². The highest BCUT2D eigenvalue weighted by atomic mass is 127. The average molecular weight is 488 g/mol. The van der Waals surface area contributed by atoms with Crippen LogP contribution in [-0.2, 0) is 11.3 Å². The monoisotopic (exact) mass is 488 g/mol. The lowest BCUT2D eigenvalue weighted by atomic mass is 10.2. The second kappa shape index (κ2) is 12.0. The van der Waals surface area contributed by atoms with Crippen LogP contribution in [0.2, 0.25) is 0 Å². The molecule has 2 rings (SSSR count). The fraction of sp³-hybridized carbons (Fsp3) is 0.333. The number of aliphatic imine (C=N–C) groups is 1. The molecule has 1 aromatic heterocycles. The van der Waals surface area contributed by atoms with Crippen molar-refractivity contribution in [2.45, 2.75) is 20.4 Å². The number of hydrogen-bond acceptors (Lipinski definition) is 5. The van der Waals surface area contributed by atoms with Crippen LogP contribution >= 0.6 is 24.0 Å². The van der Waals surface area contributed by atoms with Crippen molar-refractivity contribution in [3.63, 3.8) is 0 Å². The molecule has 0 atom stereocenters. The Morgan fingerprint density at radius 2 is 2.00 bits per heavy atom. The van der Waals surface area contributed by atoms with E-state index in [1.165, 1.54) is 0 Å². The fourth-order valence-electron chi connectivity index (χ4n) is 2.13. The molecule has 0 fully saturated rings. The van der Waals surface area contributed by atoms with Gasteiger partial charge in [0.2, 0.25) is 5.91 Å². The van der Waals surface area contributed by atoms with Gasteiger partial charge in [0.15, 0.2) is 5.96 Å². The minimum atomic E-state index is -0.265. The number of carbonyl (C=O) groups is 1. The molecule has 0 aliphatic carbocycles. The van der Waals surface area contributed by atoms with Crippen molar-refractivity contribution < 1.29 is 18.7 Å². The Bertz CT molecular complexity index is 735. The van der Waals surface area contributed by atoms with Crippen LogP contribution in [0.3, 0.4) is 0 Å². The first-order valence-corrected chi connectivity index (χ1v) is 8.38. The molecule has 27 heavy (non-hydrogen) atoms. The number of ether oxygens (including phenoxy) is 2. The Morgan fingerprint density at radius 3 is 2.67 bits per heavy atom. The second-order valence-electron chi connectivity index (χ2n) is 5.21. The molecule has 2 aromatic rings. The Balaban J connectivity index is 0.00000364. The highest BCUT2D eigenvalue weighted by molar-refractivity contribution is 14.0. The second-order valence-corrected chi connectivity index (χ2v) is 5.21. The van der Waals surface area contributed by atoms with Gasteiger partial charge in [-0.2, -0.15) is 0 Å². The third-order valence-electron chi connectivity index (χ3n) is 3.26. The number of rotatable bonds is 9. The van der Waals surface area contributed by atoms with E-state index < -0.39 is 0 Å². The number of hydrogen-bond donors (Lipinski definition) is 3. The number of furan rings is 1. The number of carbonyl (C=O) groups excluding carboxylic acids is 1. The van der Waals surface area contributed by atoms with Crippen molar-refractivity contribution in [2.24, 2.45) is 10.7 Å². The Hall–Kier alpha value is -2.43. The molecular formula is C18H25IN4O4. The molecule has 1 aromatic carbocycles. The van der Waals surface area contributed by atoms with E-state index in [2.05, 4.69) is 15.6 Å². The van der Waals surface area contributed by atoms with Crippen molar-refractivity contribution in [1.29, 1.82) is 0 Å². The Morgan fingerprint density at radius 1 is 1.22 bits per heavy atom. The summed E-state index contributed by atoms with van der Waals surface area (Å²) in [6.07, 6.45) is 1.55. The van der Waals surface area contributed by atoms with Gasteiger partial charge in [-0.3, -0.25) is 4.79 Å². The number of amides is 1. The minimum absolute atomic E-state index is 0. The van der Waals surface area contributed by atoms with Crippen molar-refractivity contribution in [2.75, 3.05) is 25.1 Å². The van der Waals surface area contributed by atoms with Crippen LogP contribution in [-0.4, -0.2) is 31.6 Å². The van der Waals surface area contributed by atoms with Gasteiger partial charge in [0.25, 0.3) is 0 Å². The number of halogens is 1. The zero-order chi connectivity index (χ0) is 18.8. The van der Waals surface area contributed by atoms with Gasteiger partial charge < -0.3 is 30.3 Å². The lowest BCUT2D eigenvalue weighted by Gasteiger charge is -2.14. The molecule has 1 amide bonds. The summed E-state index contributed by atoms with van der Waals surface area (Å²) >= 11 is 0. The first kappa shape index (κ1) is 22.6. The zero-order valence-electron chi connectivity index (χ0n) is 15.4. The summed E-state index contributed by atoms with van der Waals surface area (Å²) in [7, 11) is 0. The number of nitrogens with two attached hydrogens (primary N) is 1. The molecule has 9 heteroatoms. The maximum absolute atomic E-state index is 11.8. The van der Waals surface area contributed by atoms with Gasteiger partial charge in [0.05, 0.1) is 31.7 Å². The molecule has 0 saturated carbocycles. The maximum atomic E-state index is 11.8. The van der Waals surface area contributed by atoms with Crippen LogP contribution in [0, 0.1) is 0 Å². The van der Waals surface area contributed by atoms with Gasteiger partial charge in [0.1, 0.15) is 23.8 Å². The highest BCUT2D eigenvalue weighted by Crippen LogP contribution is 2.29. The lowest BCUT2D eigenvalue weighted by Crippen LogP contribution is -2.29. The summed E-state index contributed by atoms with van der Waals surface area (Å²) in [5.41, 5.74) is 6.50. The molecule has 0 aliphatic heterocycles. The van der Waals surface area contributed by atoms with E-state index in [1.54, 1.807) is 30.5 Å². The largest absolute Gasteiger partial charge is 0.494 e. The SMILES string of the molecule is CCOc1ccc(OCC)c(NC(N)=NCC(=O)NCc2ccco2)c1.I. The first-order valence-electron chi connectivity index (χ1n) is 8.38. The maximum Gasteiger partial charge on any atom is 0.242 e. The summed E-state index contributed by atoms with van der Waals surface area (Å²) in [5, 5.41) is 5.64. The number of benzene rings is 1. The fourth-order valence-corrected chi connectivity index (χ4v) is 2.13. The zero-order valence-corrected chi connectivity index (χ0v) is 17.7. The first-order chi connectivity index (χ1) is 12.6. The van der Waals surface area contributed by atoms with E-state index >= 15 is 0 Å². The minimum Gasteiger partial charge on any atom is -0.494 e. The van der Waals surface area contributed by atoms with Gasteiger partial charge in [0, 0.05) is 6.07 Å². The molecule has 0 unspecified atom stereocenters. The predicted octanol–water partition coefficient (Wildman–Crippen LogP) is 2.74. The topological polar surface area (TPSA) is 111 Å². The van der Waals surface area contributed by atoms with Gasteiger partial charge in [-0.25, -0.2) is 4.99 Å². The normalized spacial score (nSPS) is 10.7. The number of nitrogens with zero attached hydrogens (tertiary/aromatic N) is 1. The highest BCUT2D eigenvalue weighted by Gasteiger charge is 2.08. The molecule has 8 nitrogen and oxygen atoms in total. The molecule has 1 heterocycles. The molecule has 148 valence electrons. The van der Waals surface area contributed by atoms with Crippen LogP contribution in [0.5, 0.6) is 11.5 Å². The Labute approximate surface area is 175 Å². The van der Waals surface area contributed by atoms with Crippen LogP contribution in [0.25, 0.3) is 0 Å². The van der Waals surface area contributed by atoms with Crippen LogP contribution in [0.4, 0.5) is 5.69 Å². The van der Waals surface area contributed by atoms with Gasteiger partial charge in [-0.05, 0) is 38.1 Å². The van der Waals surface area contributed by atoms with Crippen molar-refractivity contribution in [3.05, 3.63) is 42.4 Å². The van der Waals surface area contributed by atoms with Crippen LogP contribution < -0.4 is 25.8 Å². The summed E-state index contributed by atoms with van der Waals surface area (Å²) in [4.78, 5) is 15.9. The van der Waals surface area contributed by atoms with E-state index in [4.69, 9.17) is 19.6 Å². The molecule has 0 saturated heterocycles. The summed E-state index contributed by atoms with van der Waals surface area (Å²) < 4.78 is 16.2. The molecular weight excluding hydrogens is 463 g/mol. The van der Waals surface area contributed by atoms with Crippen LogP contribution in [0.1, 0.15) is 19.6 Å². The standard InChI is InChI=1S/C18H24N4O4.HI/c1-3-24-13-7-8-16(25-4-2)15(10-13)22-18(19)21-12-17(23)20-11-14-6-5-9-26-14;/h5-10H,3-4,11-12H2,1-2H3,(H,20,23)(H3,19,21,22);1H. The van der Waals surface area contributed by atoms with Crippen molar-refractivity contribution in [3.8, 4) is 11.5 Å². The average Bonchev–Trinajstić information content (AvgIpc) is 3.14. The number of nitrogens with one attached hydrogen (secondary N) is 2. The van der Waals surface area contributed by atoms with E-state index in [0.717, 1.165) is 0 Å². The van der Waals surface area contributed by atoms with E-state index in [0.29, 0.717) is 42.7 Å². The Kier molecular flexibility index (Phi) is 10.1. The lowest BCUT2D eigenvalue weighted by molar-refractivity contribution is -0.119. The van der Waals surface area contributed by atoms with Gasteiger partial charge in [-0.15, -0.1) is 24.0 Å². The number of guanidine groups is 1. The van der Waals surface area contributed by atoms with Crippen molar-refractivity contribution >= 4 is 41.5 Å². The molecule has 4 N–H and O–H groups in total. The van der Waals surface area contributed by atoms with Crippen molar-refractivity contribution in [1.82, 2.24) is 5.32 Å². The summed E-state index contributed by atoms with van der Waals surface area (Å²) in [5.74, 6) is 1.81. The van der Waals surface area contributed by atoms with E-state index in [9.17, 15) is 4.79 Å². The van der Waals surface area contributed by atoms with Gasteiger partial charge >= 0.3 is 0 Å². The summed E-state index contributed by atoms with van der Waals surface area (Å²) in [6, 6.07) is 8.91. The third-order valence-corrected chi connectivity index (χ3v) is 3.26. The quantitative estimate of drug-likeness (QED) is 0.285.